The van der Waals surface area contributed by atoms with Gasteiger partial charge >= 0.3 is 0 Å². The highest BCUT2D eigenvalue weighted by molar-refractivity contribution is 9.10. The Balaban J connectivity index is 0.00000162. The van der Waals surface area contributed by atoms with Gasteiger partial charge in [0.25, 0.3) is 0 Å². The summed E-state index contributed by atoms with van der Waals surface area (Å²) in [6.07, 6.45) is 4.05. The molecule has 0 aromatic carbocycles. The number of hydrogen-bond acceptors (Lipinski definition) is 3. The van der Waals surface area contributed by atoms with E-state index in [4.69, 9.17) is 0 Å². The third kappa shape index (κ3) is 5.26. The molecule has 18 heavy (non-hydrogen) atoms. The Morgan fingerprint density at radius 1 is 1.61 bits per heavy atom. The number of halogens is 2. The third-order valence-corrected chi connectivity index (χ3v) is 4.66. The summed E-state index contributed by atoms with van der Waals surface area (Å²) in [7, 11) is 0. The van der Waals surface area contributed by atoms with E-state index >= 15 is 0 Å². The Morgan fingerprint density at radius 2 is 2.44 bits per heavy atom. The normalized spacial score (nSPS) is 18.4. The van der Waals surface area contributed by atoms with Gasteiger partial charge in [-0.25, -0.2) is 0 Å². The fraction of sp³-hybridized carbons (Fsp3) is 0.583. The van der Waals surface area contributed by atoms with E-state index in [0.717, 1.165) is 17.4 Å². The minimum Gasteiger partial charge on any atom is -0.351 e. The van der Waals surface area contributed by atoms with Crippen LogP contribution in [-0.4, -0.2) is 18.5 Å². The lowest BCUT2D eigenvalue weighted by Gasteiger charge is -2.09. The lowest BCUT2D eigenvalue weighted by Crippen LogP contribution is -2.26. The molecule has 0 saturated carbocycles. The van der Waals surface area contributed by atoms with Crippen LogP contribution in [0.1, 0.15) is 30.6 Å². The number of rotatable bonds is 5. The number of amides is 1. The Kier molecular flexibility index (Phi) is 7.22. The zero-order valence-electron chi connectivity index (χ0n) is 10.1. The van der Waals surface area contributed by atoms with E-state index in [0.29, 0.717) is 19.0 Å². The van der Waals surface area contributed by atoms with E-state index in [1.165, 1.54) is 17.7 Å². The molecule has 0 bridgehead atoms. The van der Waals surface area contributed by atoms with Crippen molar-refractivity contribution in [2.75, 3.05) is 6.54 Å². The van der Waals surface area contributed by atoms with E-state index in [2.05, 4.69) is 26.6 Å². The average molecular weight is 354 g/mol. The second kappa shape index (κ2) is 8.15. The largest absolute Gasteiger partial charge is 0.351 e. The Hall–Kier alpha value is -0.100. The van der Waals surface area contributed by atoms with E-state index in [1.807, 2.05) is 11.4 Å². The highest BCUT2D eigenvalue weighted by Gasteiger charge is 2.15. The summed E-state index contributed by atoms with van der Waals surface area (Å²) in [5.41, 5.74) is 0. The molecule has 2 N–H and O–H groups in total. The van der Waals surface area contributed by atoms with Crippen LogP contribution in [0.2, 0.25) is 0 Å². The van der Waals surface area contributed by atoms with Crippen LogP contribution >= 0.6 is 39.7 Å². The highest BCUT2D eigenvalue weighted by atomic mass is 79.9. The zero-order valence-corrected chi connectivity index (χ0v) is 13.3. The molecule has 1 atom stereocenters. The Labute approximate surface area is 126 Å². The quantitative estimate of drug-likeness (QED) is 0.854. The van der Waals surface area contributed by atoms with Crippen LogP contribution in [0.15, 0.2) is 15.9 Å². The minimum absolute atomic E-state index is 0. The average Bonchev–Trinajstić information content (AvgIpc) is 2.95. The molecule has 1 fully saturated rings. The Bertz CT molecular complexity index is 380. The van der Waals surface area contributed by atoms with Crippen molar-refractivity contribution in [1.82, 2.24) is 10.6 Å². The molecule has 3 nitrogen and oxygen atoms in total. The molecule has 2 rings (SSSR count). The molecular formula is C12H18BrClN2OS. The molecule has 6 heteroatoms. The van der Waals surface area contributed by atoms with E-state index in [-0.39, 0.29) is 18.3 Å². The molecule has 1 aliphatic heterocycles. The van der Waals surface area contributed by atoms with Gasteiger partial charge < -0.3 is 10.6 Å². The first-order valence-corrected chi connectivity index (χ1v) is 7.64. The second-order valence-electron chi connectivity index (χ2n) is 4.34. The zero-order chi connectivity index (χ0) is 12.1. The maximum atomic E-state index is 11.6. The van der Waals surface area contributed by atoms with Gasteiger partial charge in [-0.1, -0.05) is 0 Å². The third-order valence-electron chi connectivity index (χ3n) is 2.96. The van der Waals surface area contributed by atoms with Crippen LogP contribution in [0.5, 0.6) is 0 Å². The molecule has 1 saturated heterocycles. The fourth-order valence-corrected chi connectivity index (χ4v) is 3.42. The minimum atomic E-state index is 0. The van der Waals surface area contributed by atoms with Gasteiger partial charge in [0, 0.05) is 27.2 Å². The van der Waals surface area contributed by atoms with E-state index < -0.39 is 0 Å². The van der Waals surface area contributed by atoms with Gasteiger partial charge in [0.1, 0.15) is 0 Å². The predicted octanol–water partition coefficient (Wildman–Crippen LogP) is 3.08. The molecule has 0 spiro atoms. The second-order valence-corrected chi connectivity index (χ2v) is 6.25. The summed E-state index contributed by atoms with van der Waals surface area (Å²) in [6.45, 7) is 1.75. The van der Waals surface area contributed by atoms with Crippen LogP contribution in [0, 0.1) is 0 Å². The van der Waals surface area contributed by atoms with Crippen LogP contribution < -0.4 is 10.6 Å². The van der Waals surface area contributed by atoms with Gasteiger partial charge in [-0.3, -0.25) is 4.79 Å². The number of hydrogen-bond donors (Lipinski definition) is 2. The van der Waals surface area contributed by atoms with Gasteiger partial charge in [0.15, 0.2) is 0 Å². The lowest BCUT2D eigenvalue weighted by atomic mass is 10.1. The summed E-state index contributed by atoms with van der Waals surface area (Å²) in [4.78, 5) is 12.8. The fourth-order valence-electron chi connectivity index (χ4n) is 2.03. The first kappa shape index (κ1) is 16.0. The maximum absolute atomic E-state index is 11.6. The maximum Gasteiger partial charge on any atom is 0.220 e. The molecule has 102 valence electrons. The topological polar surface area (TPSA) is 41.1 Å². The van der Waals surface area contributed by atoms with Gasteiger partial charge in [-0.15, -0.1) is 23.7 Å². The van der Waals surface area contributed by atoms with Gasteiger partial charge in [0.2, 0.25) is 5.91 Å². The van der Waals surface area contributed by atoms with Crippen LogP contribution in [0.3, 0.4) is 0 Å². The van der Waals surface area contributed by atoms with Gasteiger partial charge in [0.05, 0.1) is 6.54 Å². The van der Waals surface area contributed by atoms with Crippen molar-refractivity contribution in [2.45, 2.75) is 38.3 Å². The van der Waals surface area contributed by atoms with Crippen LogP contribution in [0.4, 0.5) is 0 Å². The molecule has 0 radical (unpaired) electrons. The highest BCUT2D eigenvalue weighted by Crippen LogP contribution is 2.19. The molecule has 1 aromatic heterocycles. The Morgan fingerprint density at radius 3 is 3.06 bits per heavy atom. The molecule has 2 heterocycles. The van der Waals surface area contributed by atoms with Crippen LogP contribution in [0.25, 0.3) is 0 Å². The summed E-state index contributed by atoms with van der Waals surface area (Å²) < 4.78 is 1.09. The first-order chi connectivity index (χ1) is 8.24. The summed E-state index contributed by atoms with van der Waals surface area (Å²) in [5, 5.41) is 8.40. The van der Waals surface area contributed by atoms with E-state index in [1.54, 1.807) is 11.3 Å². The molecule has 1 amide bonds. The summed E-state index contributed by atoms with van der Waals surface area (Å²) >= 11 is 5.07. The van der Waals surface area contributed by atoms with Crippen molar-refractivity contribution in [2.24, 2.45) is 0 Å². The SMILES string of the molecule is Cl.O=C(CCC1CCCN1)NCc1cc(Br)cs1. The van der Waals surface area contributed by atoms with Crippen molar-refractivity contribution in [1.29, 1.82) is 0 Å². The van der Waals surface area contributed by atoms with Crippen molar-refractivity contribution in [3.05, 3.63) is 20.8 Å². The van der Waals surface area contributed by atoms with Crippen molar-refractivity contribution in [3.63, 3.8) is 0 Å². The number of carbonyl (C=O) groups excluding carboxylic acids is 1. The summed E-state index contributed by atoms with van der Waals surface area (Å²) in [5.74, 6) is 0.156. The first-order valence-electron chi connectivity index (χ1n) is 5.97. The molecule has 0 aliphatic carbocycles. The molecule has 1 aliphatic rings. The van der Waals surface area contributed by atoms with Crippen molar-refractivity contribution < 1.29 is 4.79 Å². The van der Waals surface area contributed by atoms with Gasteiger partial charge in [-0.05, 0) is 47.8 Å². The molecular weight excluding hydrogens is 336 g/mol. The van der Waals surface area contributed by atoms with Crippen molar-refractivity contribution >= 4 is 45.6 Å². The van der Waals surface area contributed by atoms with Crippen LogP contribution in [-0.2, 0) is 11.3 Å². The molecule has 1 aromatic rings. The number of nitrogens with one attached hydrogen (secondary N) is 2. The standard InChI is InChI=1S/C12H17BrN2OS.ClH/c13-9-6-11(17-8-9)7-15-12(16)4-3-10-2-1-5-14-10;/h6,8,10,14H,1-5,7H2,(H,15,16);1H. The number of carbonyl (C=O) groups is 1. The number of thiophene rings is 1. The van der Waals surface area contributed by atoms with Gasteiger partial charge in [-0.2, -0.15) is 0 Å². The smallest absolute Gasteiger partial charge is 0.220 e. The summed E-state index contributed by atoms with van der Waals surface area (Å²) in [6, 6.07) is 2.60. The lowest BCUT2D eigenvalue weighted by molar-refractivity contribution is -0.121. The molecule has 1 unspecified atom stereocenters. The van der Waals surface area contributed by atoms with E-state index in [9.17, 15) is 4.79 Å². The van der Waals surface area contributed by atoms with Crippen molar-refractivity contribution in [3.8, 4) is 0 Å². The predicted molar refractivity (Wildman–Crippen MR) is 81.4 cm³/mol. The monoisotopic (exact) mass is 352 g/mol.